The maximum atomic E-state index is 16.7. The summed E-state index contributed by atoms with van der Waals surface area (Å²) in [5.74, 6) is -0.776. The van der Waals surface area contributed by atoms with Crippen LogP contribution in [0.15, 0.2) is 61.2 Å². The second-order valence-electron chi connectivity index (χ2n) is 12.2. The SMILES string of the molecule is C=CC(=O)N1CCN(c2nc(OCC34CCCN3CCC4)nc3c(F)c(-c4cccc5cccc(F)c45)ccc23)C[C@@H]1CC#N. The summed E-state index contributed by atoms with van der Waals surface area (Å²) in [5.41, 5.74) is 0.682. The summed E-state index contributed by atoms with van der Waals surface area (Å²) in [4.78, 5) is 28.1. The lowest BCUT2D eigenvalue weighted by atomic mass is 9.95. The molecule has 0 aliphatic carbocycles. The van der Waals surface area contributed by atoms with Crippen LogP contribution in [0.5, 0.6) is 6.01 Å². The Morgan fingerprint density at radius 1 is 1.04 bits per heavy atom. The lowest BCUT2D eigenvalue weighted by molar-refractivity contribution is -0.128. The third-order valence-electron chi connectivity index (χ3n) is 9.76. The first-order valence-electron chi connectivity index (χ1n) is 15.5. The molecular formula is C35H34F2N6O2. The summed E-state index contributed by atoms with van der Waals surface area (Å²) in [5, 5.41) is 11.0. The van der Waals surface area contributed by atoms with Crippen LogP contribution in [0.25, 0.3) is 32.8 Å². The monoisotopic (exact) mass is 608 g/mol. The highest BCUT2D eigenvalue weighted by molar-refractivity contribution is 6.00. The molecule has 7 rings (SSSR count). The Balaban J connectivity index is 1.33. The molecule has 1 amide bonds. The average molecular weight is 609 g/mol. The van der Waals surface area contributed by atoms with Crippen LogP contribution in [0.2, 0.25) is 0 Å². The maximum Gasteiger partial charge on any atom is 0.319 e. The van der Waals surface area contributed by atoms with E-state index in [9.17, 15) is 10.1 Å². The third kappa shape index (κ3) is 5.05. The number of halogens is 2. The first-order valence-corrected chi connectivity index (χ1v) is 15.5. The molecule has 0 spiro atoms. The van der Waals surface area contributed by atoms with Crippen LogP contribution in [0.1, 0.15) is 32.1 Å². The van der Waals surface area contributed by atoms with Gasteiger partial charge in [-0.2, -0.15) is 15.2 Å². The van der Waals surface area contributed by atoms with Gasteiger partial charge in [0.15, 0.2) is 5.82 Å². The number of amides is 1. The van der Waals surface area contributed by atoms with Gasteiger partial charge >= 0.3 is 6.01 Å². The third-order valence-corrected chi connectivity index (χ3v) is 9.76. The molecule has 3 aliphatic rings. The highest BCUT2D eigenvalue weighted by atomic mass is 19.1. The lowest BCUT2D eigenvalue weighted by Crippen LogP contribution is -2.55. The predicted molar refractivity (Wildman–Crippen MR) is 169 cm³/mol. The molecule has 45 heavy (non-hydrogen) atoms. The number of ether oxygens (including phenoxy) is 1. The summed E-state index contributed by atoms with van der Waals surface area (Å²) >= 11 is 0. The zero-order chi connectivity index (χ0) is 31.1. The Bertz CT molecular complexity index is 1840. The van der Waals surface area contributed by atoms with Crippen LogP contribution in [-0.4, -0.2) is 76.6 Å². The average Bonchev–Trinajstić information content (AvgIpc) is 3.64. The Hall–Kier alpha value is -4.62. The number of benzene rings is 3. The molecule has 3 saturated heterocycles. The van der Waals surface area contributed by atoms with Crippen molar-refractivity contribution >= 4 is 33.4 Å². The van der Waals surface area contributed by atoms with E-state index in [-0.39, 0.29) is 35.0 Å². The van der Waals surface area contributed by atoms with Gasteiger partial charge in [-0.1, -0.05) is 43.0 Å². The number of fused-ring (bicyclic) bond motifs is 3. The molecule has 4 aromatic rings. The molecule has 3 aromatic carbocycles. The Labute approximate surface area is 260 Å². The zero-order valence-corrected chi connectivity index (χ0v) is 25.0. The van der Waals surface area contributed by atoms with Gasteiger partial charge in [0.25, 0.3) is 0 Å². The Morgan fingerprint density at radius 2 is 1.82 bits per heavy atom. The summed E-state index contributed by atoms with van der Waals surface area (Å²) in [6, 6.07) is 15.4. The van der Waals surface area contributed by atoms with Crippen molar-refractivity contribution in [2.75, 3.05) is 44.2 Å². The fraction of sp³-hybridized carbons (Fsp3) is 0.371. The Morgan fingerprint density at radius 3 is 2.58 bits per heavy atom. The van der Waals surface area contributed by atoms with Crippen molar-refractivity contribution in [1.82, 2.24) is 19.8 Å². The molecule has 0 bridgehead atoms. The van der Waals surface area contributed by atoms with Crippen LogP contribution in [0, 0.1) is 23.0 Å². The minimum atomic E-state index is -0.590. The van der Waals surface area contributed by atoms with Crippen LogP contribution in [0.4, 0.5) is 14.6 Å². The number of rotatable bonds is 7. The van der Waals surface area contributed by atoms with Crippen molar-refractivity contribution in [1.29, 1.82) is 5.26 Å². The van der Waals surface area contributed by atoms with E-state index in [0.29, 0.717) is 53.8 Å². The lowest BCUT2D eigenvalue weighted by Gasteiger charge is -2.41. The molecular weight excluding hydrogens is 574 g/mol. The Kier molecular flexibility index (Phi) is 7.58. The van der Waals surface area contributed by atoms with Gasteiger partial charge in [0, 0.05) is 36.0 Å². The molecule has 230 valence electrons. The maximum absolute atomic E-state index is 16.7. The van der Waals surface area contributed by atoms with Crippen LogP contribution < -0.4 is 9.64 Å². The number of carbonyl (C=O) groups excluding carboxylic acids is 1. The van der Waals surface area contributed by atoms with Gasteiger partial charge in [-0.25, -0.2) is 8.78 Å². The van der Waals surface area contributed by atoms with Gasteiger partial charge in [0.1, 0.15) is 23.8 Å². The topological polar surface area (TPSA) is 85.6 Å². The first-order chi connectivity index (χ1) is 21.9. The zero-order valence-electron chi connectivity index (χ0n) is 25.0. The van der Waals surface area contributed by atoms with Gasteiger partial charge in [0.2, 0.25) is 5.91 Å². The van der Waals surface area contributed by atoms with E-state index in [4.69, 9.17) is 9.72 Å². The van der Waals surface area contributed by atoms with Crippen LogP contribution in [0.3, 0.4) is 0 Å². The van der Waals surface area contributed by atoms with Gasteiger partial charge in [0.05, 0.1) is 24.1 Å². The van der Waals surface area contributed by atoms with E-state index in [2.05, 4.69) is 22.5 Å². The fourth-order valence-electron chi connectivity index (χ4n) is 7.55. The fourth-order valence-corrected chi connectivity index (χ4v) is 7.55. The van der Waals surface area contributed by atoms with E-state index in [1.54, 1.807) is 47.4 Å². The minimum absolute atomic E-state index is 0.0616. The number of aromatic nitrogens is 2. The number of carbonyl (C=O) groups is 1. The van der Waals surface area contributed by atoms with Crippen molar-refractivity contribution < 1.29 is 18.3 Å². The van der Waals surface area contributed by atoms with Gasteiger partial charge < -0.3 is 14.5 Å². The smallest absolute Gasteiger partial charge is 0.319 e. The summed E-state index contributed by atoms with van der Waals surface area (Å²) in [7, 11) is 0. The van der Waals surface area contributed by atoms with E-state index >= 15 is 8.78 Å². The summed E-state index contributed by atoms with van der Waals surface area (Å²) < 4.78 is 38.1. The van der Waals surface area contributed by atoms with Crippen LogP contribution in [-0.2, 0) is 4.79 Å². The van der Waals surface area contributed by atoms with E-state index in [1.165, 1.54) is 12.1 Å². The van der Waals surface area contributed by atoms with Crippen molar-refractivity contribution in [2.45, 2.75) is 43.7 Å². The second-order valence-corrected chi connectivity index (χ2v) is 12.2. The summed E-state index contributed by atoms with van der Waals surface area (Å²) in [6.45, 7) is 7.20. The molecule has 8 nitrogen and oxygen atoms in total. The highest BCUT2D eigenvalue weighted by Gasteiger charge is 2.45. The quantitative estimate of drug-likeness (QED) is 0.243. The molecule has 3 aliphatic heterocycles. The summed E-state index contributed by atoms with van der Waals surface area (Å²) in [6.07, 6.45) is 5.68. The van der Waals surface area contributed by atoms with Gasteiger partial charge in [-0.05, 0) is 67.9 Å². The molecule has 4 heterocycles. The van der Waals surface area contributed by atoms with E-state index in [0.717, 1.165) is 38.8 Å². The van der Waals surface area contributed by atoms with Crippen molar-refractivity contribution in [3.8, 4) is 23.2 Å². The molecule has 0 unspecified atom stereocenters. The van der Waals surface area contributed by atoms with E-state index < -0.39 is 17.7 Å². The number of nitrogens with zero attached hydrogens (tertiary/aromatic N) is 6. The molecule has 1 aromatic heterocycles. The molecule has 0 saturated carbocycles. The number of hydrogen-bond acceptors (Lipinski definition) is 7. The number of anilines is 1. The molecule has 3 fully saturated rings. The van der Waals surface area contributed by atoms with Crippen molar-refractivity contribution in [3.63, 3.8) is 0 Å². The highest BCUT2D eigenvalue weighted by Crippen LogP contribution is 2.40. The normalized spacial score (nSPS) is 19.5. The van der Waals surface area contributed by atoms with Crippen molar-refractivity contribution in [3.05, 3.63) is 72.8 Å². The molecule has 0 radical (unpaired) electrons. The second kappa shape index (κ2) is 11.7. The minimum Gasteiger partial charge on any atom is -0.461 e. The van der Waals surface area contributed by atoms with Crippen LogP contribution >= 0.6 is 0 Å². The number of nitriles is 1. The molecule has 10 heteroatoms. The molecule has 0 N–H and O–H groups in total. The van der Waals surface area contributed by atoms with Gasteiger partial charge in [-0.3, -0.25) is 9.69 Å². The number of piperazine rings is 1. The first kappa shape index (κ1) is 29.1. The molecule has 1 atom stereocenters. The predicted octanol–water partition coefficient (Wildman–Crippen LogP) is 5.85. The number of hydrogen-bond donors (Lipinski definition) is 0. The van der Waals surface area contributed by atoms with E-state index in [1.807, 2.05) is 4.90 Å². The standard InChI is InChI=1S/C35H34F2N6O2/c1-2-29(44)43-20-19-41(21-24(43)13-16-38)33-27-12-11-26(25-9-3-7-23-8-4-10-28(36)30(23)25)31(37)32(27)39-34(40-33)45-22-35-14-5-17-42(35)18-6-15-35/h2-4,7-12,24H,1,5-6,13-15,17-22H2/t24-/m0/s1. The van der Waals surface area contributed by atoms with Gasteiger partial charge in [-0.15, -0.1) is 0 Å². The largest absolute Gasteiger partial charge is 0.461 e. The van der Waals surface area contributed by atoms with Crippen molar-refractivity contribution in [2.24, 2.45) is 0 Å².